The monoisotopic (exact) mass is 423 g/mol. The third-order valence-electron chi connectivity index (χ3n) is 3.35. The van der Waals surface area contributed by atoms with E-state index in [1.165, 1.54) is 0 Å². The second-order valence-electron chi connectivity index (χ2n) is 8.01. The summed E-state index contributed by atoms with van der Waals surface area (Å²) in [7, 11) is 0. The maximum atomic E-state index is 12.5. The molecule has 2 atom stereocenters. The molecule has 0 aromatic heterocycles. The molecule has 2 unspecified atom stereocenters. The van der Waals surface area contributed by atoms with E-state index in [-0.39, 0.29) is 12.3 Å². The molecule has 0 aliphatic heterocycles. The summed E-state index contributed by atoms with van der Waals surface area (Å²) < 4.78 is 84.0. The molecule has 0 saturated heterocycles. The Morgan fingerprint density at radius 1 is 0.893 bits per heavy atom. The van der Waals surface area contributed by atoms with Crippen LogP contribution in [0.2, 0.25) is 0 Å². The van der Waals surface area contributed by atoms with Gasteiger partial charge in [-0.3, -0.25) is 4.79 Å². The van der Waals surface area contributed by atoms with Crippen molar-refractivity contribution in [3.63, 3.8) is 0 Å². The first-order valence-corrected chi connectivity index (χ1v) is 8.66. The van der Waals surface area contributed by atoms with Crippen LogP contribution in [-0.4, -0.2) is 42.2 Å². The number of hydrogen-bond donors (Lipinski definition) is 1. The summed E-state index contributed by atoms with van der Waals surface area (Å²) in [5, 5.41) is 2.49. The van der Waals surface area contributed by atoms with Crippen LogP contribution >= 0.6 is 0 Å². The summed E-state index contributed by atoms with van der Waals surface area (Å²) >= 11 is 0. The molecule has 0 rings (SSSR count). The average Bonchev–Trinajstić information content (AvgIpc) is 2.38. The predicted molar refractivity (Wildman–Crippen MR) is 88.4 cm³/mol. The Bertz CT molecular complexity index is 511. The third kappa shape index (κ3) is 10.6. The first-order chi connectivity index (χ1) is 12.3. The number of amides is 1. The average molecular weight is 423 g/mol. The minimum atomic E-state index is -5.78. The van der Waals surface area contributed by atoms with Crippen LogP contribution in [0.3, 0.4) is 0 Å². The van der Waals surface area contributed by atoms with Crippen molar-refractivity contribution in [1.82, 2.24) is 5.32 Å². The van der Waals surface area contributed by atoms with E-state index in [0.29, 0.717) is 6.42 Å². The fourth-order valence-corrected chi connectivity index (χ4v) is 2.33. The molecule has 0 aromatic rings. The van der Waals surface area contributed by atoms with Crippen LogP contribution in [0, 0.1) is 11.8 Å². The SMILES string of the molecule is CC(C)CC(CC(C)C(=O)OC(C(F)(F)F)C(F)(F)F)NC(=O)OC(C)(C)C. The van der Waals surface area contributed by atoms with Crippen molar-refractivity contribution >= 4 is 12.1 Å². The highest BCUT2D eigenvalue weighted by atomic mass is 19.4. The van der Waals surface area contributed by atoms with Gasteiger partial charge in [0.2, 0.25) is 0 Å². The molecule has 1 amide bonds. The minimum Gasteiger partial charge on any atom is -0.444 e. The first-order valence-electron chi connectivity index (χ1n) is 8.66. The van der Waals surface area contributed by atoms with E-state index in [2.05, 4.69) is 10.1 Å². The van der Waals surface area contributed by atoms with Gasteiger partial charge in [-0.25, -0.2) is 4.79 Å². The molecule has 0 saturated carbocycles. The highest BCUT2D eigenvalue weighted by molar-refractivity contribution is 5.73. The van der Waals surface area contributed by atoms with E-state index in [0.717, 1.165) is 6.92 Å². The lowest BCUT2D eigenvalue weighted by atomic mass is 9.94. The number of halogens is 6. The lowest BCUT2D eigenvalue weighted by Crippen LogP contribution is -2.47. The smallest absolute Gasteiger partial charge is 0.434 e. The lowest BCUT2D eigenvalue weighted by Gasteiger charge is -2.27. The molecule has 1 N–H and O–H groups in total. The largest absolute Gasteiger partial charge is 0.444 e. The number of alkyl carbamates (subject to hydrolysis) is 1. The summed E-state index contributed by atoms with van der Waals surface area (Å²) in [5.74, 6) is -2.94. The summed E-state index contributed by atoms with van der Waals surface area (Å²) in [4.78, 5) is 23.7. The Hall–Kier alpha value is -1.68. The Labute approximate surface area is 160 Å². The van der Waals surface area contributed by atoms with E-state index in [9.17, 15) is 35.9 Å². The quantitative estimate of drug-likeness (QED) is 0.463. The Balaban J connectivity index is 5.12. The number of hydrogen-bond acceptors (Lipinski definition) is 4. The molecular formula is C17H27F6NO4. The zero-order chi connectivity index (χ0) is 22.5. The molecule has 28 heavy (non-hydrogen) atoms. The van der Waals surface area contributed by atoms with Crippen LogP contribution in [0.4, 0.5) is 31.1 Å². The molecule has 0 spiro atoms. The summed E-state index contributed by atoms with van der Waals surface area (Å²) in [5.41, 5.74) is -0.802. The van der Waals surface area contributed by atoms with Crippen molar-refractivity contribution in [2.24, 2.45) is 11.8 Å². The van der Waals surface area contributed by atoms with E-state index in [1.807, 2.05) is 0 Å². The fourth-order valence-electron chi connectivity index (χ4n) is 2.33. The number of nitrogens with one attached hydrogen (secondary N) is 1. The van der Waals surface area contributed by atoms with Crippen molar-refractivity contribution in [2.75, 3.05) is 0 Å². The maximum Gasteiger partial charge on any atom is 0.434 e. The van der Waals surface area contributed by atoms with Crippen molar-refractivity contribution in [1.29, 1.82) is 0 Å². The molecule has 5 nitrogen and oxygen atoms in total. The molecule has 0 radical (unpaired) electrons. The van der Waals surface area contributed by atoms with Crippen LogP contribution in [0.5, 0.6) is 0 Å². The Kier molecular flexibility index (Phi) is 9.11. The second-order valence-corrected chi connectivity index (χ2v) is 8.01. The molecule has 0 bridgehead atoms. The third-order valence-corrected chi connectivity index (χ3v) is 3.35. The van der Waals surface area contributed by atoms with Gasteiger partial charge in [-0.1, -0.05) is 20.8 Å². The van der Waals surface area contributed by atoms with E-state index >= 15 is 0 Å². The van der Waals surface area contributed by atoms with Gasteiger partial charge in [0.25, 0.3) is 6.10 Å². The van der Waals surface area contributed by atoms with Crippen LogP contribution < -0.4 is 5.32 Å². The molecular weight excluding hydrogens is 396 g/mol. The minimum absolute atomic E-state index is 0.0289. The highest BCUT2D eigenvalue weighted by Gasteiger charge is 2.60. The van der Waals surface area contributed by atoms with Gasteiger partial charge in [0.1, 0.15) is 5.60 Å². The number of esters is 1. The van der Waals surface area contributed by atoms with E-state index in [1.54, 1.807) is 34.6 Å². The van der Waals surface area contributed by atoms with Crippen LogP contribution in [0.25, 0.3) is 0 Å². The normalized spacial score (nSPS) is 15.4. The van der Waals surface area contributed by atoms with Gasteiger partial charge in [-0.05, 0) is 39.5 Å². The topological polar surface area (TPSA) is 64.6 Å². The predicted octanol–water partition coefficient (Wildman–Crippen LogP) is 4.99. The van der Waals surface area contributed by atoms with Crippen LogP contribution in [0.15, 0.2) is 0 Å². The number of alkyl halides is 6. The maximum absolute atomic E-state index is 12.5. The second kappa shape index (κ2) is 9.69. The molecule has 166 valence electrons. The van der Waals surface area contributed by atoms with Gasteiger partial charge in [0.15, 0.2) is 0 Å². The molecule has 0 aromatic carbocycles. The Morgan fingerprint density at radius 3 is 1.71 bits per heavy atom. The lowest BCUT2D eigenvalue weighted by molar-refractivity contribution is -0.314. The van der Waals surface area contributed by atoms with Gasteiger partial charge >= 0.3 is 24.4 Å². The van der Waals surface area contributed by atoms with Crippen molar-refractivity contribution in [3.05, 3.63) is 0 Å². The first kappa shape index (κ1) is 26.3. The number of carbonyl (C=O) groups is 2. The summed E-state index contributed by atoms with van der Waals surface area (Å²) in [6.07, 6.45) is -16.4. The highest BCUT2D eigenvalue weighted by Crippen LogP contribution is 2.36. The molecule has 0 fully saturated rings. The van der Waals surface area contributed by atoms with Crippen LogP contribution in [-0.2, 0) is 14.3 Å². The number of ether oxygens (including phenoxy) is 2. The molecule has 11 heteroatoms. The molecule has 0 aliphatic rings. The van der Waals surface area contributed by atoms with Gasteiger partial charge < -0.3 is 14.8 Å². The van der Waals surface area contributed by atoms with Gasteiger partial charge in [-0.15, -0.1) is 0 Å². The van der Waals surface area contributed by atoms with E-state index < -0.39 is 48.1 Å². The zero-order valence-electron chi connectivity index (χ0n) is 16.6. The van der Waals surface area contributed by atoms with Crippen LogP contribution in [0.1, 0.15) is 54.4 Å². The van der Waals surface area contributed by atoms with Gasteiger partial charge in [0, 0.05) is 6.04 Å². The molecule has 0 aliphatic carbocycles. The van der Waals surface area contributed by atoms with Gasteiger partial charge in [0.05, 0.1) is 5.92 Å². The zero-order valence-corrected chi connectivity index (χ0v) is 16.6. The van der Waals surface area contributed by atoms with Gasteiger partial charge in [-0.2, -0.15) is 26.3 Å². The standard InChI is InChI=1S/C17H27F6NO4/c1-9(2)7-11(24-14(26)28-15(4,5)6)8-10(3)12(25)27-13(16(18,19)20)17(21,22)23/h9-11,13H,7-8H2,1-6H3,(H,24,26). The van der Waals surface area contributed by atoms with Crippen molar-refractivity contribution in [3.8, 4) is 0 Å². The Morgan fingerprint density at radius 2 is 1.36 bits per heavy atom. The summed E-state index contributed by atoms with van der Waals surface area (Å²) in [6, 6.07) is -0.701. The summed E-state index contributed by atoms with van der Waals surface area (Å²) in [6.45, 7) is 9.61. The molecule has 0 heterocycles. The van der Waals surface area contributed by atoms with Crippen molar-refractivity contribution in [2.45, 2.75) is 84.5 Å². The van der Waals surface area contributed by atoms with Crippen molar-refractivity contribution < 1.29 is 45.4 Å². The number of carbonyl (C=O) groups excluding carboxylic acids is 2. The van der Waals surface area contributed by atoms with E-state index in [4.69, 9.17) is 4.74 Å². The number of rotatable bonds is 7. The fraction of sp³-hybridized carbons (Fsp3) is 0.882.